The minimum atomic E-state index is -4.81. The molecule has 5 nitrogen and oxygen atoms in total. The topological polar surface area (TPSA) is 63.4 Å². The van der Waals surface area contributed by atoms with Crippen molar-refractivity contribution in [2.75, 3.05) is 6.54 Å². The largest absolute Gasteiger partial charge is 0.573 e. The lowest BCUT2D eigenvalue weighted by atomic mass is 10.1. The summed E-state index contributed by atoms with van der Waals surface area (Å²) in [7, 11) is 0. The number of ether oxygens (including phenoxy) is 2. The van der Waals surface area contributed by atoms with Crippen LogP contribution in [0.1, 0.15) is 11.1 Å². The van der Waals surface area contributed by atoms with E-state index in [9.17, 15) is 18.0 Å². The van der Waals surface area contributed by atoms with Crippen LogP contribution in [0.3, 0.4) is 0 Å². The number of hydrogen-bond donors (Lipinski definition) is 2. The van der Waals surface area contributed by atoms with Crippen molar-refractivity contribution in [2.24, 2.45) is 0 Å². The van der Waals surface area contributed by atoms with E-state index in [1.165, 1.54) is 24.3 Å². The number of hydrogen-bond acceptors (Lipinski definition) is 3. The van der Waals surface area contributed by atoms with E-state index in [1.54, 1.807) is 0 Å². The molecule has 0 spiro atoms. The van der Waals surface area contributed by atoms with Gasteiger partial charge in [0.2, 0.25) is 0 Å². The number of alkyl halides is 3. The molecule has 0 saturated heterocycles. The molecule has 0 aliphatic rings. The number of aromatic amines is 1. The molecule has 3 aromatic rings. The Hall–Kier alpha value is -3.16. The van der Waals surface area contributed by atoms with Gasteiger partial charge in [-0.3, -0.25) is 0 Å². The van der Waals surface area contributed by atoms with Crippen LogP contribution in [0.5, 0.6) is 5.75 Å². The number of para-hydroxylation sites is 2. The fourth-order valence-corrected chi connectivity index (χ4v) is 2.68. The first-order valence-electron chi connectivity index (χ1n) is 8.21. The van der Waals surface area contributed by atoms with Crippen LogP contribution in [0.15, 0.2) is 54.7 Å². The van der Waals surface area contributed by atoms with Gasteiger partial charge in [-0.05, 0) is 24.1 Å². The smallest absolute Gasteiger partial charge is 0.445 e. The first kappa shape index (κ1) is 18.6. The van der Waals surface area contributed by atoms with E-state index < -0.39 is 18.2 Å². The number of nitrogens with one attached hydrogen (secondary N) is 2. The zero-order valence-electron chi connectivity index (χ0n) is 14.2. The zero-order valence-corrected chi connectivity index (χ0v) is 14.2. The molecule has 27 heavy (non-hydrogen) atoms. The molecule has 1 aromatic heterocycles. The number of carbonyl (C=O) groups excluding carboxylic acids is 1. The summed E-state index contributed by atoms with van der Waals surface area (Å²) in [4.78, 5) is 14.9. The van der Waals surface area contributed by atoms with Gasteiger partial charge in [-0.1, -0.05) is 36.4 Å². The Morgan fingerprint density at radius 1 is 1.04 bits per heavy atom. The van der Waals surface area contributed by atoms with Crippen LogP contribution in [-0.4, -0.2) is 24.0 Å². The minimum Gasteiger partial charge on any atom is -0.445 e. The second-order valence-corrected chi connectivity index (χ2v) is 5.77. The van der Waals surface area contributed by atoms with Crippen molar-refractivity contribution in [3.8, 4) is 5.75 Å². The molecule has 2 N–H and O–H groups in total. The Kier molecular flexibility index (Phi) is 5.54. The van der Waals surface area contributed by atoms with Crippen molar-refractivity contribution >= 4 is 17.0 Å². The second-order valence-electron chi connectivity index (χ2n) is 5.77. The minimum absolute atomic E-state index is 0.126. The fourth-order valence-electron chi connectivity index (χ4n) is 2.68. The number of amides is 1. The normalized spacial score (nSPS) is 11.4. The summed E-state index contributed by atoms with van der Waals surface area (Å²) in [5.74, 6) is -0.392. The number of halogens is 3. The number of benzene rings is 2. The predicted molar refractivity (Wildman–Crippen MR) is 93.3 cm³/mol. The number of aromatic nitrogens is 1. The molecule has 1 heterocycles. The van der Waals surface area contributed by atoms with Gasteiger partial charge in [0.05, 0.1) is 0 Å². The number of alkyl carbamates (subject to hydrolysis) is 1. The molecule has 2 aromatic carbocycles. The van der Waals surface area contributed by atoms with Crippen molar-refractivity contribution in [1.29, 1.82) is 0 Å². The summed E-state index contributed by atoms with van der Waals surface area (Å²) in [5.41, 5.74) is 2.19. The number of fused-ring (bicyclic) bond motifs is 1. The predicted octanol–water partition coefficient (Wildman–Crippen LogP) is 4.54. The highest BCUT2D eigenvalue weighted by atomic mass is 19.4. The highest BCUT2D eigenvalue weighted by Crippen LogP contribution is 2.26. The van der Waals surface area contributed by atoms with Crippen LogP contribution >= 0.6 is 0 Å². The molecule has 0 bridgehead atoms. The first-order valence-corrected chi connectivity index (χ1v) is 8.21. The molecule has 0 radical (unpaired) electrons. The number of H-pyrrole nitrogens is 1. The van der Waals surface area contributed by atoms with E-state index in [4.69, 9.17) is 4.74 Å². The second kappa shape index (κ2) is 8.03. The van der Waals surface area contributed by atoms with Gasteiger partial charge < -0.3 is 19.8 Å². The van der Waals surface area contributed by atoms with Crippen LogP contribution in [0.2, 0.25) is 0 Å². The first-order chi connectivity index (χ1) is 12.9. The van der Waals surface area contributed by atoms with Crippen LogP contribution in [-0.2, 0) is 17.8 Å². The van der Waals surface area contributed by atoms with E-state index in [0.717, 1.165) is 16.5 Å². The third kappa shape index (κ3) is 5.16. The van der Waals surface area contributed by atoms with Gasteiger partial charge in [-0.15, -0.1) is 13.2 Å². The van der Waals surface area contributed by atoms with Gasteiger partial charge in [0, 0.05) is 29.2 Å². The summed E-state index contributed by atoms with van der Waals surface area (Å²) in [6.45, 7) is 0.00650. The van der Waals surface area contributed by atoms with Crippen LogP contribution in [0.4, 0.5) is 18.0 Å². The monoisotopic (exact) mass is 378 g/mol. The maximum Gasteiger partial charge on any atom is 0.573 e. The molecule has 0 atom stereocenters. The highest BCUT2D eigenvalue weighted by Gasteiger charge is 2.32. The van der Waals surface area contributed by atoms with Gasteiger partial charge in [0.1, 0.15) is 12.4 Å². The number of carbonyl (C=O) groups is 1. The molecular weight excluding hydrogens is 361 g/mol. The van der Waals surface area contributed by atoms with Gasteiger partial charge >= 0.3 is 12.5 Å². The van der Waals surface area contributed by atoms with Crippen molar-refractivity contribution in [3.05, 3.63) is 65.9 Å². The Labute approximate surface area is 153 Å². The summed E-state index contributed by atoms with van der Waals surface area (Å²) in [6, 6.07) is 13.3. The summed E-state index contributed by atoms with van der Waals surface area (Å²) >= 11 is 0. The van der Waals surface area contributed by atoms with Crippen molar-refractivity contribution in [1.82, 2.24) is 10.3 Å². The van der Waals surface area contributed by atoms with E-state index in [-0.39, 0.29) is 12.2 Å². The molecule has 0 saturated carbocycles. The lowest BCUT2D eigenvalue weighted by Gasteiger charge is -2.13. The molecule has 0 fully saturated rings. The molecule has 0 unspecified atom stereocenters. The van der Waals surface area contributed by atoms with E-state index >= 15 is 0 Å². The SMILES string of the molecule is O=C(NCCc1c[nH]c2ccccc12)OCc1ccccc1OC(F)(F)F. The third-order valence-corrected chi connectivity index (χ3v) is 3.90. The van der Waals surface area contributed by atoms with E-state index in [0.29, 0.717) is 13.0 Å². The molecule has 142 valence electrons. The average molecular weight is 378 g/mol. The lowest BCUT2D eigenvalue weighted by Crippen LogP contribution is -2.26. The summed E-state index contributed by atoms with van der Waals surface area (Å²) < 4.78 is 46.1. The average Bonchev–Trinajstić information content (AvgIpc) is 3.03. The Bertz CT molecular complexity index is 922. The van der Waals surface area contributed by atoms with Crippen molar-refractivity contribution in [3.63, 3.8) is 0 Å². The number of rotatable bonds is 6. The van der Waals surface area contributed by atoms with Crippen LogP contribution in [0, 0.1) is 0 Å². The van der Waals surface area contributed by atoms with E-state index in [2.05, 4.69) is 15.0 Å². The quantitative estimate of drug-likeness (QED) is 0.662. The van der Waals surface area contributed by atoms with Gasteiger partial charge in [0.15, 0.2) is 0 Å². The summed E-state index contributed by atoms with van der Waals surface area (Å²) in [6.07, 6.45) is -3.05. The standard InChI is InChI=1S/C19H17F3N2O3/c20-19(21,22)27-17-8-4-1-5-14(17)12-26-18(25)23-10-9-13-11-24-16-7-3-2-6-15(13)16/h1-8,11,24H,9-10,12H2,(H,23,25). The zero-order chi connectivity index (χ0) is 19.3. The third-order valence-electron chi connectivity index (χ3n) is 3.90. The molecule has 1 amide bonds. The molecule has 8 heteroatoms. The Morgan fingerprint density at radius 3 is 2.59 bits per heavy atom. The molecule has 0 aliphatic carbocycles. The Morgan fingerprint density at radius 2 is 1.78 bits per heavy atom. The summed E-state index contributed by atoms with van der Waals surface area (Å²) in [5, 5.41) is 3.66. The highest BCUT2D eigenvalue weighted by molar-refractivity contribution is 5.83. The van der Waals surface area contributed by atoms with Crippen LogP contribution in [0.25, 0.3) is 10.9 Å². The van der Waals surface area contributed by atoms with Gasteiger partial charge in [-0.2, -0.15) is 0 Å². The van der Waals surface area contributed by atoms with Crippen LogP contribution < -0.4 is 10.1 Å². The lowest BCUT2D eigenvalue weighted by molar-refractivity contribution is -0.275. The molecule has 0 aliphatic heterocycles. The van der Waals surface area contributed by atoms with E-state index in [1.807, 2.05) is 30.5 Å². The molecule has 3 rings (SSSR count). The maximum absolute atomic E-state index is 12.4. The van der Waals surface area contributed by atoms with Crippen molar-refractivity contribution in [2.45, 2.75) is 19.4 Å². The van der Waals surface area contributed by atoms with Gasteiger partial charge in [0.25, 0.3) is 0 Å². The van der Waals surface area contributed by atoms with Gasteiger partial charge in [-0.25, -0.2) is 4.79 Å². The molecular formula is C19H17F3N2O3. The Balaban J connectivity index is 1.49. The van der Waals surface area contributed by atoms with Crippen molar-refractivity contribution < 1.29 is 27.4 Å². The maximum atomic E-state index is 12.4. The fraction of sp³-hybridized carbons (Fsp3) is 0.211.